The van der Waals surface area contributed by atoms with Gasteiger partial charge in [0.2, 0.25) is 0 Å². The van der Waals surface area contributed by atoms with Gasteiger partial charge in [-0.25, -0.2) is 0 Å². The van der Waals surface area contributed by atoms with Gasteiger partial charge >= 0.3 is 0 Å². The van der Waals surface area contributed by atoms with Crippen LogP contribution < -0.4 is 0 Å². The van der Waals surface area contributed by atoms with Gasteiger partial charge in [0.15, 0.2) is 0 Å². The lowest BCUT2D eigenvalue weighted by Gasteiger charge is -2.43. The van der Waals surface area contributed by atoms with E-state index in [1.54, 1.807) is 0 Å². The van der Waals surface area contributed by atoms with E-state index in [9.17, 15) is 5.11 Å². The van der Waals surface area contributed by atoms with Gasteiger partial charge in [-0.2, -0.15) is 0 Å². The summed E-state index contributed by atoms with van der Waals surface area (Å²) in [6, 6.07) is 11.1. The summed E-state index contributed by atoms with van der Waals surface area (Å²) in [5, 5.41) is 9.38. The van der Waals surface area contributed by atoms with Crippen molar-refractivity contribution in [2.75, 3.05) is 32.8 Å². The second-order valence-electron chi connectivity index (χ2n) is 7.42. The zero-order valence-corrected chi connectivity index (χ0v) is 13.8. The van der Waals surface area contributed by atoms with Crippen LogP contribution in [0.4, 0.5) is 0 Å². The van der Waals surface area contributed by atoms with E-state index in [0.29, 0.717) is 11.5 Å². The number of nitrogens with zero attached hydrogens (tertiary/aromatic N) is 2. The first kappa shape index (κ1) is 16.5. The van der Waals surface area contributed by atoms with Crippen molar-refractivity contribution < 1.29 is 5.11 Å². The Balaban J connectivity index is 1.96. The Hall–Kier alpha value is -0.900. The molecule has 1 atom stereocenters. The van der Waals surface area contributed by atoms with Gasteiger partial charge in [0.25, 0.3) is 0 Å². The van der Waals surface area contributed by atoms with Gasteiger partial charge in [-0.15, -0.1) is 0 Å². The quantitative estimate of drug-likeness (QED) is 0.903. The van der Waals surface area contributed by atoms with E-state index in [1.807, 2.05) is 0 Å². The molecule has 0 bridgehead atoms. The average Bonchev–Trinajstić information content (AvgIpc) is 2.41. The molecule has 1 fully saturated rings. The lowest BCUT2D eigenvalue weighted by Crippen LogP contribution is -2.54. The van der Waals surface area contributed by atoms with Crippen molar-refractivity contribution in [2.45, 2.75) is 39.8 Å². The molecule has 3 heteroatoms. The topological polar surface area (TPSA) is 26.7 Å². The van der Waals surface area contributed by atoms with Crippen LogP contribution in [0, 0.1) is 5.41 Å². The predicted molar refractivity (Wildman–Crippen MR) is 88.2 cm³/mol. The molecule has 1 aliphatic heterocycles. The van der Waals surface area contributed by atoms with Crippen molar-refractivity contribution in [3.05, 3.63) is 35.9 Å². The zero-order valence-electron chi connectivity index (χ0n) is 13.8. The maximum Gasteiger partial charge on any atom is 0.0446 e. The first-order chi connectivity index (χ1) is 9.98. The predicted octanol–water partition coefficient (Wildman–Crippen LogP) is 2.60. The highest BCUT2D eigenvalue weighted by atomic mass is 16.3. The van der Waals surface area contributed by atoms with E-state index in [4.69, 9.17) is 0 Å². The number of hydrogen-bond donors (Lipinski definition) is 1. The Morgan fingerprint density at radius 1 is 1.14 bits per heavy atom. The minimum absolute atomic E-state index is 0.277. The molecule has 0 aliphatic carbocycles. The van der Waals surface area contributed by atoms with Gasteiger partial charge in [-0.3, -0.25) is 9.80 Å². The van der Waals surface area contributed by atoms with Crippen LogP contribution in [-0.4, -0.2) is 53.7 Å². The van der Waals surface area contributed by atoms with Gasteiger partial charge in [-0.1, -0.05) is 51.1 Å². The van der Waals surface area contributed by atoms with Crippen molar-refractivity contribution in [3.8, 4) is 0 Å². The van der Waals surface area contributed by atoms with Crippen LogP contribution in [0.3, 0.4) is 0 Å². The van der Waals surface area contributed by atoms with Crippen molar-refractivity contribution >= 4 is 0 Å². The SMILES string of the molecule is CC(C)(C)CN1CCN(Cc2ccccc2)[C@@H](CCO)C1. The summed E-state index contributed by atoms with van der Waals surface area (Å²) in [5.74, 6) is 0. The second-order valence-corrected chi connectivity index (χ2v) is 7.42. The number of rotatable bonds is 5. The van der Waals surface area contributed by atoms with Crippen molar-refractivity contribution in [1.82, 2.24) is 9.80 Å². The molecule has 2 rings (SSSR count). The second kappa shape index (κ2) is 7.39. The summed E-state index contributed by atoms with van der Waals surface area (Å²) >= 11 is 0. The van der Waals surface area contributed by atoms with E-state index in [-0.39, 0.29) is 6.61 Å². The molecule has 21 heavy (non-hydrogen) atoms. The first-order valence-electron chi connectivity index (χ1n) is 8.09. The van der Waals surface area contributed by atoms with E-state index in [0.717, 1.165) is 39.1 Å². The molecule has 1 N–H and O–H groups in total. The fourth-order valence-corrected chi connectivity index (χ4v) is 3.22. The van der Waals surface area contributed by atoms with Crippen LogP contribution in [0.5, 0.6) is 0 Å². The number of piperazine rings is 1. The molecule has 0 radical (unpaired) electrons. The summed E-state index contributed by atoms with van der Waals surface area (Å²) in [6.07, 6.45) is 0.869. The molecule has 0 amide bonds. The summed E-state index contributed by atoms with van der Waals surface area (Å²) in [6.45, 7) is 12.6. The summed E-state index contributed by atoms with van der Waals surface area (Å²) in [7, 11) is 0. The van der Waals surface area contributed by atoms with Crippen LogP contribution in [0.15, 0.2) is 30.3 Å². The fraction of sp³-hybridized carbons (Fsp3) is 0.667. The third kappa shape index (κ3) is 5.42. The van der Waals surface area contributed by atoms with E-state index in [1.165, 1.54) is 5.56 Å². The van der Waals surface area contributed by atoms with Crippen LogP contribution in [-0.2, 0) is 6.54 Å². The molecule has 1 heterocycles. The number of aliphatic hydroxyl groups is 1. The van der Waals surface area contributed by atoms with Crippen LogP contribution >= 0.6 is 0 Å². The Morgan fingerprint density at radius 3 is 2.48 bits per heavy atom. The lowest BCUT2D eigenvalue weighted by atomic mass is 9.95. The highest BCUT2D eigenvalue weighted by Gasteiger charge is 2.28. The zero-order chi connectivity index (χ0) is 15.3. The van der Waals surface area contributed by atoms with Crippen LogP contribution in [0.1, 0.15) is 32.8 Å². The monoisotopic (exact) mass is 290 g/mol. The fourth-order valence-electron chi connectivity index (χ4n) is 3.22. The van der Waals surface area contributed by atoms with Crippen LogP contribution in [0.25, 0.3) is 0 Å². The molecule has 1 saturated heterocycles. The average molecular weight is 290 g/mol. The minimum Gasteiger partial charge on any atom is -0.396 e. The lowest BCUT2D eigenvalue weighted by molar-refractivity contribution is 0.0382. The molecule has 1 aliphatic rings. The highest BCUT2D eigenvalue weighted by Crippen LogP contribution is 2.21. The van der Waals surface area contributed by atoms with E-state index < -0.39 is 0 Å². The summed E-state index contributed by atoms with van der Waals surface area (Å²) in [5.41, 5.74) is 1.70. The minimum atomic E-state index is 0.277. The standard InChI is InChI=1S/C18H30N2O/c1-18(2,3)15-19-10-11-20(17(14-19)9-12-21)13-16-7-5-4-6-8-16/h4-8,17,21H,9-15H2,1-3H3/t17-/m0/s1. The third-order valence-corrected chi connectivity index (χ3v) is 4.08. The summed E-state index contributed by atoms with van der Waals surface area (Å²) in [4.78, 5) is 5.09. The molecule has 1 aromatic carbocycles. The van der Waals surface area contributed by atoms with Gasteiger partial charge in [0, 0.05) is 45.4 Å². The Kier molecular flexibility index (Phi) is 5.80. The molecule has 0 saturated carbocycles. The Bertz CT molecular complexity index is 413. The van der Waals surface area contributed by atoms with Crippen LogP contribution in [0.2, 0.25) is 0 Å². The molecule has 0 aromatic heterocycles. The van der Waals surface area contributed by atoms with Gasteiger partial charge in [0.05, 0.1) is 0 Å². The molecule has 0 spiro atoms. The van der Waals surface area contributed by atoms with E-state index in [2.05, 4.69) is 60.9 Å². The molecule has 0 unspecified atom stereocenters. The van der Waals surface area contributed by atoms with Crippen molar-refractivity contribution in [2.24, 2.45) is 5.41 Å². The maximum atomic E-state index is 9.38. The number of benzene rings is 1. The molecule has 1 aromatic rings. The van der Waals surface area contributed by atoms with Crippen molar-refractivity contribution in [1.29, 1.82) is 0 Å². The highest BCUT2D eigenvalue weighted by molar-refractivity contribution is 5.14. The molecular formula is C18H30N2O. The number of aliphatic hydroxyl groups excluding tert-OH is 1. The molecular weight excluding hydrogens is 260 g/mol. The molecule has 3 nitrogen and oxygen atoms in total. The van der Waals surface area contributed by atoms with Gasteiger partial charge in [-0.05, 0) is 17.4 Å². The summed E-state index contributed by atoms with van der Waals surface area (Å²) < 4.78 is 0. The van der Waals surface area contributed by atoms with Gasteiger partial charge in [0.1, 0.15) is 0 Å². The molecule has 118 valence electrons. The third-order valence-electron chi connectivity index (χ3n) is 4.08. The van der Waals surface area contributed by atoms with E-state index >= 15 is 0 Å². The van der Waals surface area contributed by atoms with Crippen molar-refractivity contribution in [3.63, 3.8) is 0 Å². The van der Waals surface area contributed by atoms with Gasteiger partial charge < -0.3 is 5.11 Å². The maximum absolute atomic E-state index is 9.38. The first-order valence-corrected chi connectivity index (χ1v) is 8.09. The Labute approximate surface area is 129 Å². The normalized spacial score (nSPS) is 21.6. The largest absolute Gasteiger partial charge is 0.396 e. The smallest absolute Gasteiger partial charge is 0.0446 e. The number of hydrogen-bond acceptors (Lipinski definition) is 3. The Morgan fingerprint density at radius 2 is 1.86 bits per heavy atom.